The third kappa shape index (κ3) is 4.45. The number of hydrogen-bond acceptors (Lipinski definition) is 4. The van der Waals surface area contributed by atoms with Crippen LogP contribution in [0.25, 0.3) is 0 Å². The molecular weight excluding hydrogens is 344 g/mol. The first kappa shape index (κ1) is 18.9. The summed E-state index contributed by atoms with van der Waals surface area (Å²) in [5.74, 6) is 1.02. The number of aromatic nitrogens is 2. The average Bonchev–Trinajstić information content (AvgIpc) is 3.22. The molecule has 0 radical (unpaired) electrons. The molecule has 0 aromatic carbocycles. The van der Waals surface area contributed by atoms with E-state index in [-0.39, 0.29) is 0 Å². The number of thiophene rings is 1. The van der Waals surface area contributed by atoms with Gasteiger partial charge in [-0.05, 0) is 32.2 Å². The van der Waals surface area contributed by atoms with Crippen LogP contribution in [0.4, 0.5) is 0 Å². The minimum Gasteiger partial charge on any atom is -0.357 e. The summed E-state index contributed by atoms with van der Waals surface area (Å²) in [4.78, 5) is 11.3. The molecule has 0 aliphatic carbocycles. The van der Waals surface area contributed by atoms with Crippen LogP contribution in [-0.2, 0) is 20.1 Å². The summed E-state index contributed by atoms with van der Waals surface area (Å²) < 4.78 is 1.94. The molecule has 142 valence electrons. The maximum absolute atomic E-state index is 4.90. The smallest absolute Gasteiger partial charge is 0.194 e. The number of rotatable bonds is 5. The molecule has 0 atom stereocenters. The third-order valence-corrected chi connectivity index (χ3v) is 5.87. The topological polar surface area (TPSA) is 48.7 Å². The van der Waals surface area contributed by atoms with E-state index in [1.165, 1.54) is 16.1 Å². The fourth-order valence-corrected chi connectivity index (χ4v) is 4.11. The zero-order chi connectivity index (χ0) is 18.5. The highest BCUT2D eigenvalue weighted by Crippen LogP contribution is 2.15. The molecule has 1 aliphatic heterocycles. The van der Waals surface area contributed by atoms with E-state index in [2.05, 4.69) is 58.5 Å². The van der Waals surface area contributed by atoms with Gasteiger partial charge in [-0.1, -0.05) is 6.07 Å². The van der Waals surface area contributed by atoms with Gasteiger partial charge in [0.05, 0.1) is 12.2 Å². The number of aryl methyl sites for hydroxylation is 2. The van der Waals surface area contributed by atoms with Gasteiger partial charge in [0.15, 0.2) is 5.96 Å². The van der Waals surface area contributed by atoms with Crippen LogP contribution in [0.15, 0.2) is 22.5 Å². The first-order chi connectivity index (χ1) is 12.6. The van der Waals surface area contributed by atoms with Crippen LogP contribution in [-0.4, -0.2) is 58.3 Å². The van der Waals surface area contributed by atoms with E-state index in [0.717, 1.165) is 50.9 Å². The lowest BCUT2D eigenvalue weighted by atomic mass is 10.2. The zero-order valence-electron chi connectivity index (χ0n) is 16.3. The van der Waals surface area contributed by atoms with Gasteiger partial charge in [-0.3, -0.25) is 9.58 Å². The predicted octanol–water partition coefficient (Wildman–Crippen LogP) is 2.38. The molecular formula is C19H30N6S. The van der Waals surface area contributed by atoms with Crippen LogP contribution in [0, 0.1) is 13.8 Å². The van der Waals surface area contributed by atoms with Crippen LogP contribution in [0.3, 0.4) is 0 Å². The quantitative estimate of drug-likeness (QED) is 0.645. The Morgan fingerprint density at radius 3 is 2.62 bits per heavy atom. The number of piperazine rings is 1. The minimum atomic E-state index is 0.684. The predicted molar refractivity (Wildman–Crippen MR) is 109 cm³/mol. The summed E-state index contributed by atoms with van der Waals surface area (Å²) in [6.07, 6.45) is 0. The second kappa shape index (κ2) is 8.68. The van der Waals surface area contributed by atoms with Gasteiger partial charge in [0, 0.05) is 62.5 Å². The monoisotopic (exact) mass is 374 g/mol. The molecule has 1 N–H and O–H groups in total. The molecule has 0 bridgehead atoms. The number of nitrogens with zero attached hydrogens (tertiary/aromatic N) is 5. The van der Waals surface area contributed by atoms with Crippen molar-refractivity contribution < 1.29 is 0 Å². The van der Waals surface area contributed by atoms with Gasteiger partial charge in [0.25, 0.3) is 0 Å². The van der Waals surface area contributed by atoms with Gasteiger partial charge in [0.1, 0.15) is 0 Å². The lowest BCUT2D eigenvalue weighted by molar-refractivity contribution is 0.173. The molecule has 0 amide bonds. The molecule has 1 aliphatic rings. The van der Waals surface area contributed by atoms with E-state index < -0.39 is 0 Å². The SMILES string of the molecule is CCNC(=NCc1c(C)nn(C)c1C)N1CCN(Cc2cccs2)CC1. The van der Waals surface area contributed by atoms with Crippen molar-refractivity contribution in [2.24, 2.45) is 12.0 Å². The van der Waals surface area contributed by atoms with Gasteiger partial charge in [-0.25, -0.2) is 4.99 Å². The number of nitrogens with one attached hydrogen (secondary N) is 1. The summed E-state index contributed by atoms with van der Waals surface area (Å²) in [7, 11) is 1.99. The van der Waals surface area contributed by atoms with Crippen LogP contribution >= 0.6 is 11.3 Å². The van der Waals surface area contributed by atoms with Gasteiger partial charge >= 0.3 is 0 Å². The van der Waals surface area contributed by atoms with E-state index in [1.54, 1.807) is 0 Å². The Balaban J connectivity index is 1.61. The van der Waals surface area contributed by atoms with Crippen molar-refractivity contribution >= 4 is 17.3 Å². The van der Waals surface area contributed by atoms with Crippen molar-refractivity contribution in [3.05, 3.63) is 39.3 Å². The largest absolute Gasteiger partial charge is 0.357 e. The molecule has 2 aromatic rings. The normalized spacial score (nSPS) is 16.3. The Morgan fingerprint density at radius 2 is 2.04 bits per heavy atom. The summed E-state index contributed by atoms with van der Waals surface area (Å²) in [5, 5.41) is 10.1. The summed E-state index contributed by atoms with van der Waals surface area (Å²) in [5.41, 5.74) is 3.51. The van der Waals surface area contributed by atoms with Gasteiger partial charge in [-0.15, -0.1) is 11.3 Å². The number of guanidine groups is 1. The summed E-state index contributed by atoms with van der Waals surface area (Å²) in [6.45, 7) is 13.1. The molecule has 26 heavy (non-hydrogen) atoms. The minimum absolute atomic E-state index is 0.684. The Kier molecular flexibility index (Phi) is 6.32. The van der Waals surface area contributed by atoms with Crippen LogP contribution in [0.1, 0.15) is 28.8 Å². The molecule has 1 saturated heterocycles. The van der Waals surface area contributed by atoms with Crippen molar-refractivity contribution in [3.63, 3.8) is 0 Å². The first-order valence-corrected chi connectivity index (χ1v) is 10.2. The Labute approximate surface area is 160 Å². The van der Waals surface area contributed by atoms with E-state index in [0.29, 0.717) is 6.54 Å². The molecule has 0 unspecified atom stereocenters. The van der Waals surface area contributed by atoms with Gasteiger partial charge < -0.3 is 10.2 Å². The highest BCUT2D eigenvalue weighted by molar-refractivity contribution is 7.09. The maximum atomic E-state index is 4.90. The van der Waals surface area contributed by atoms with Crippen molar-refractivity contribution in [2.45, 2.75) is 33.9 Å². The van der Waals surface area contributed by atoms with Crippen LogP contribution in [0.2, 0.25) is 0 Å². The number of hydrogen-bond donors (Lipinski definition) is 1. The maximum Gasteiger partial charge on any atom is 0.194 e. The second-order valence-electron chi connectivity index (χ2n) is 6.79. The Morgan fingerprint density at radius 1 is 1.27 bits per heavy atom. The molecule has 3 rings (SSSR count). The average molecular weight is 375 g/mol. The summed E-state index contributed by atoms with van der Waals surface area (Å²) >= 11 is 1.84. The van der Waals surface area contributed by atoms with E-state index in [4.69, 9.17) is 4.99 Å². The van der Waals surface area contributed by atoms with Gasteiger partial charge in [0.2, 0.25) is 0 Å². The molecule has 3 heterocycles. The van der Waals surface area contributed by atoms with Crippen LogP contribution in [0.5, 0.6) is 0 Å². The van der Waals surface area contributed by atoms with E-state index >= 15 is 0 Å². The van der Waals surface area contributed by atoms with Crippen molar-refractivity contribution in [1.82, 2.24) is 24.9 Å². The molecule has 7 heteroatoms. The second-order valence-corrected chi connectivity index (χ2v) is 7.82. The van der Waals surface area contributed by atoms with E-state index in [9.17, 15) is 0 Å². The van der Waals surface area contributed by atoms with E-state index in [1.807, 2.05) is 23.1 Å². The molecule has 0 saturated carbocycles. The van der Waals surface area contributed by atoms with Crippen molar-refractivity contribution in [2.75, 3.05) is 32.7 Å². The standard InChI is InChI=1S/C19H30N6S/c1-5-20-19(21-13-18-15(2)22-23(4)16(18)3)25-10-8-24(9-11-25)14-17-7-6-12-26-17/h6-7,12H,5,8-11,13-14H2,1-4H3,(H,20,21). The Bertz CT molecular complexity index is 726. The molecule has 6 nitrogen and oxygen atoms in total. The lowest BCUT2D eigenvalue weighted by Gasteiger charge is -2.36. The lowest BCUT2D eigenvalue weighted by Crippen LogP contribution is -2.52. The highest BCUT2D eigenvalue weighted by Gasteiger charge is 2.20. The highest BCUT2D eigenvalue weighted by atomic mass is 32.1. The zero-order valence-corrected chi connectivity index (χ0v) is 17.1. The number of aliphatic imine (C=N–C) groups is 1. The molecule has 0 spiro atoms. The van der Waals surface area contributed by atoms with Crippen molar-refractivity contribution in [1.29, 1.82) is 0 Å². The Hall–Kier alpha value is -1.86. The van der Waals surface area contributed by atoms with Crippen molar-refractivity contribution in [3.8, 4) is 0 Å². The molecule has 1 fully saturated rings. The molecule has 2 aromatic heterocycles. The third-order valence-electron chi connectivity index (χ3n) is 5.01. The van der Waals surface area contributed by atoms with Crippen LogP contribution < -0.4 is 5.32 Å². The van der Waals surface area contributed by atoms with Gasteiger partial charge in [-0.2, -0.15) is 5.10 Å². The fourth-order valence-electron chi connectivity index (χ4n) is 3.37. The first-order valence-electron chi connectivity index (χ1n) is 9.35. The fraction of sp³-hybridized carbons (Fsp3) is 0.579. The summed E-state index contributed by atoms with van der Waals surface area (Å²) in [6, 6.07) is 4.36.